The summed E-state index contributed by atoms with van der Waals surface area (Å²) < 4.78 is 0. The van der Waals surface area contributed by atoms with E-state index in [1.165, 1.54) is 18.2 Å². The molecule has 1 unspecified atom stereocenters. The molecule has 1 aliphatic rings. The molecule has 1 atom stereocenters. The van der Waals surface area contributed by atoms with Crippen molar-refractivity contribution in [2.24, 2.45) is 0 Å². The quantitative estimate of drug-likeness (QED) is 0.643. The van der Waals surface area contributed by atoms with Crippen LogP contribution >= 0.6 is 0 Å². The molecule has 4 N–H and O–H groups in total. The number of phenols is 2. The molecule has 1 aliphatic heterocycles. The zero-order chi connectivity index (χ0) is 14.1. The average Bonchev–Trinajstić information content (AvgIpc) is 2.87. The Balaban J connectivity index is 1.86. The van der Waals surface area contributed by atoms with Gasteiger partial charge in [0.1, 0.15) is 11.5 Å². The zero-order valence-electron chi connectivity index (χ0n) is 11.2. The second kappa shape index (κ2) is 5.01. The van der Waals surface area contributed by atoms with Crippen molar-refractivity contribution in [3.05, 3.63) is 18.2 Å². The first-order valence-electron chi connectivity index (χ1n) is 6.56. The molecule has 0 spiro atoms. The van der Waals surface area contributed by atoms with Gasteiger partial charge in [-0.05, 0) is 19.1 Å². The second-order valence-electron chi connectivity index (χ2n) is 5.02. The second-order valence-corrected chi connectivity index (χ2v) is 5.02. The first kappa shape index (κ1) is 12.7. The van der Waals surface area contributed by atoms with E-state index in [1.807, 2.05) is 0 Å². The summed E-state index contributed by atoms with van der Waals surface area (Å²) in [6.45, 7) is 4.72. The van der Waals surface area contributed by atoms with Crippen LogP contribution in [0.2, 0.25) is 0 Å². The molecule has 0 radical (unpaired) electrons. The fourth-order valence-electron chi connectivity index (χ4n) is 2.37. The van der Waals surface area contributed by atoms with Crippen molar-refractivity contribution < 1.29 is 10.2 Å². The van der Waals surface area contributed by atoms with Gasteiger partial charge in [0.05, 0.1) is 0 Å². The summed E-state index contributed by atoms with van der Waals surface area (Å²) in [5, 5.41) is 29.4. The predicted octanol–water partition coefficient (Wildman–Crippen LogP) is 0.681. The lowest BCUT2D eigenvalue weighted by Crippen LogP contribution is -2.49. The minimum atomic E-state index is -0.00579. The molecule has 0 aliphatic carbocycles. The third-order valence-electron chi connectivity index (χ3n) is 3.30. The van der Waals surface area contributed by atoms with Gasteiger partial charge in [0.15, 0.2) is 5.82 Å². The first-order chi connectivity index (χ1) is 9.61. The highest BCUT2D eigenvalue weighted by atomic mass is 16.3. The monoisotopic (exact) mass is 275 g/mol. The van der Waals surface area contributed by atoms with Crippen molar-refractivity contribution in [2.75, 3.05) is 24.5 Å². The van der Waals surface area contributed by atoms with E-state index in [1.54, 1.807) is 0 Å². The van der Waals surface area contributed by atoms with E-state index in [-0.39, 0.29) is 11.5 Å². The molecule has 0 bridgehead atoms. The fraction of sp³-hybridized carbons (Fsp3) is 0.385. The maximum absolute atomic E-state index is 9.50. The number of hydrogen-bond acceptors (Lipinski definition) is 6. The van der Waals surface area contributed by atoms with Crippen molar-refractivity contribution in [3.63, 3.8) is 0 Å². The molecule has 3 rings (SSSR count). The molecule has 7 heteroatoms. The largest absolute Gasteiger partial charge is 0.508 e. The maximum Gasteiger partial charge on any atom is 0.245 e. The van der Waals surface area contributed by atoms with Crippen molar-refractivity contribution in [2.45, 2.75) is 13.0 Å². The Morgan fingerprint density at radius 3 is 2.70 bits per heavy atom. The summed E-state index contributed by atoms with van der Waals surface area (Å²) in [6, 6.07) is 4.74. The summed E-state index contributed by atoms with van der Waals surface area (Å²) >= 11 is 0. The van der Waals surface area contributed by atoms with E-state index in [4.69, 9.17) is 0 Å². The van der Waals surface area contributed by atoms with E-state index in [9.17, 15) is 10.2 Å². The molecule has 1 aromatic heterocycles. The molecule has 0 saturated carbocycles. The first-order valence-corrected chi connectivity index (χ1v) is 6.56. The third-order valence-corrected chi connectivity index (χ3v) is 3.30. The van der Waals surface area contributed by atoms with Crippen LogP contribution in [0.5, 0.6) is 11.5 Å². The van der Waals surface area contributed by atoms with Gasteiger partial charge in [0, 0.05) is 37.3 Å². The van der Waals surface area contributed by atoms with E-state index in [0.29, 0.717) is 23.4 Å². The fourth-order valence-corrected chi connectivity index (χ4v) is 2.37. The topological polar surface area (TPSA) is 97.3 Å². The number of anilines is 1. The standard InChI is InChI=1S/C13H17N5O2/c1-8-7-18(3-2-14-8)13-15-12(16-17-13)9-4-10(19)6-11(20)5-9/h4-6,8,14,19-20H,2-3,7H2,1H3,(H,15,16,17). The van der Waals surface area contributed by atoms with Gasteiger partial charge in [-0.25, -0.2) is 0 Å². The number of piperazine rings is 1. The SMILES string of the molecule is CC1CN(c2n[nH]c(-c3cc(O)cc(O)c3)n2)CCN1. The van der Waals surface area contributed by atoms with Gasteiger partial charge in [0.2, 0.25) is 5.95 Å². The third kappa shape index (κ3) is 2.53. The van der Waals surface area contributed by atoms with E-state index < -0.39 is 0 Å². The molecule has 1 saturated heterocycles. The minimum absolute atomic E-state index is 0.00579. The average molecular weight is 275 g/mol. The number of nitrogens with one attached hydrogen (secondary N) is 2. The Kier molecular flexibility index (Phi) is 3.19. The number of rotatable bonds is 2. The number of hydrogen-bond donors (Lipinski definition) is 4. The molecule has 1 fully saturated rings. The van der Waals surface area contributed by atoms with Gasteiger partial charge in [-0.2, -0.15) is 4.98 Å². The number of nitrogens with zero attached hydrogens (tertiary/aromatic N) is 3. The summed E-state index contributed by atoms with van der Waals surface area (Å²) in [4.78, 5) is 6.53. The van der Waals surface area contributed by atoms with Crippen molar-refractivity contribution in [3.8, 4) is 22.9 Å². The van der Waals surface area contributed by atoms with Crippen LogP contribution in [-0.2, 0) is 0 Å². The number of H-pyrrole nitrogens is 1. The van der Waals surface area contributed by atoms with E-state index in [0.717, 1.165) is 19.6 Å². The number of aromatic hydroxyl groups is 2. The number of phenolic OH excluding ortho intramolecular Hbond substituents is 2. The van der Waals surface area contributed by atoms with Crippen LogP contribution in [0.3, 0.4) is 0 Å². The van der Waals surface area contributed by atoms with Crippen molar-refractivity contribution in [1.29, 1.82) is 0 Å². The molecule has 1 aromatic carbocycles. The Bertz CT molecular complexity index is 592. The lowest BCUT2D eigenvalue weighted by molar-refractivity contribution is 0.451. The highest BCUT2D eigenvalue weighted by Gasteiger charge is 2.19. The predicted molar refractivity (Wildman–Crippen MR) is 74.8 cm³/mol. The van der Waals surface area contributed by atoms with Crippen LogP contribution in [0.25, 0.3) is 11.4 Å². The van der Waals surface area contributed by atoms with E-state index in [2.05, 4.69) is 32.3 Å². The van der Waals surface area contributed by atoms with Crippen LogP contribution in [0.15, 0.2) is 18.2 Å². The number of aromatic amines is 1. The Hall–Kier alpha value is -2.28. The van der Waals surface area contributed by atoms with Crippen LogP contribution in [-0.4, -0.2) is 51.1 Å². The summed E-state index contributed by atoms with van der Waals surface area (Å²) in [6.07, 6.45) is 0. The van der Waals surface area contributed by atoms with Crippen LogP contribution in [0.1, 0.15) is 6.92 Å². The lowest BCUT2D eigenvalue weighted by atomic mass is 10.2. The molecular weight excluding hydrogens is 258 g/mol. The normalized spacial score (nSPS) is 19.2. The van der Waals surface area contributed by atoms with Gasteiger partial charge in [-0.1, -0.05) is 0 Å². The summed E-state index contributed by atoms with van der Waals surface area (Å²) in [5.41, 5.74) is 0.601. The zero-order valence-corrected chi connectivity index (χ0v) is 11.2. The van der Waals surface area contributed by atoms with Crippen LogP contribution in [0.4, 0.5) is 5.95 Å². The van der Waals surface area contributed by atoms with E-state index >= 15 is 0 Å². The van der Waals surface area contributed by atoms with Gasteiger partial charge >= 0.3 is 0 Å². The highest BCUT2D eigenvalue weighted by Crippen LogP contribution is 2.27. The van der Waals surface area contributed by atoms with Crippen LogP contribution < -0.4 is 10.2 Å². The molecular formula is C13H17N5O2. The molecule has 0 amide bonds. The Morgan fingerprint density at radius 1 is 1.25 bits per heavy atom. The van der Waals surface area contributed by atoms with Crippen molar-refractivity contribution >= 4 is 5.95 Å². The van der Waals surface area contributed by atoms with Crippen molar-refractivity contribution in [1.82, 2.24) is 20.5 Å². The molecule has 2 aromatic rings. The number of aromatic nitrogens is 3. The van der Waals surface area contributed by atoms with Gasteiger partial charge < -0.3 is 20.4 Å². The van der Waals surface area contributed by atoms with Gasteiger partial charge in [-0.15, -0.1) is 5.10 Å². The maximum atomic E-state index is 9.50. The van der Waals surface area contributed by atoms with Gasteiger partial charge in [0.25, 0.3) is 0 Å². The van der Waals surface area contributed by atoms with Crippen LogP contribution in [0, 0.1) is 0 Å². The van der Waals surface area contributed by atoms with Gasteiger partial charge in [-0.3, -0.25) is 5.10 Å². The summed E-state index contributed by atoms with van der Waals surface area (Å²) in [5.74, 6) is 1.15. The smallest absolute Gasteiger partial charge is 0.245 e. The lowest BCUT2D eigenvalue weighted by Gasteiger charge is -2.30. The minimum Gasteiger partial charge on any atom is -0.508 e. The molecule has 7 nitrogen and oxygen atoms in total. The number of benzene rings is 1. The molecule has 2 heterocycles. The highest BCUT2D eigenvalue weighted by molar-refractivity contribution is 5.61. The Morgan fingerprint density at radius 2 is 2.00 bits per heavy atom. The molecule has 106 valence electrons. The Labute approximate surface area is 116 Å². The summed E-state index contributed by atoms with van der Waals surface area (Å²) in [7, 11) is 0. The molecule has 20 heavy (non-hydrogen) atoms.